The van der Waals surface area contributed by atoms with Crippen LogP contribution in [0, 0.1) is 6.92 Å². The molecule has 11 heteroatoms. The van der Waals surface area contributed by atoms with E-state index >= 15 is 0 Å². The van der Waals surface area contributed by atoms with Gasteiger partial charge in [0.15, 0.2) is 0 Å². The lowest BCUT2D eigenvalue weighted by Gasteiger charge is -2.29. The van der Waals surface area contributed by atoms with E-state index in [1.165, 1.54) is 12.1 Å². The van der Waals surface area contributed by atoms with E-state index in [9.17, 15) is 18.0 Å². The zero-order valence-corrected chi connectivity index (χ0v) is 24.6. The number of carbonyl (C=O) groups is 2. The predicted molar refractivity (Wildman–Crippen MR) is 162 cm³/mol. The zero-order chi connectivity index (χ0) is 29.8. The van der Waals surface area contributed by atoms with Gasteiger partial charge in [0.05, 0.1) is 18.1 Å². The number of morpholine rings is 1. The molecule has 3 aromatic rings. The van der Waals surface area contributed by atoms with Gasteiger partial charge in [-0.25, -0.2) is 13.2 Å². The van der Waals surface area contributed by atoms with Gasteiger partial charge in [0.1, 0.15) is 12.6 Å². The number of alkyl carbamates (subject to hydrolysis) is 1. The second-order valence-corrected chi connectivity index (χ2v) is 11.8. The average Bonchev–Trinajstić information content (AvgIpc) is 3.01. The van der Waals surface area contributed by atoms with Gasteiger partial charge in [0, 0.05) is 31.0 Å². The lowest BCUT2D eigenvalue weighted by Crippen LogP contribution is -2.43. The fourth-order valence-corrected chi connectivity index (χ4v) is 5.69. The van der Waals surface area contributed by atoms with E-state index in [2.05, 4.69) is 20.3 Å². The van der Waals surface area contributed by atoms with Crippen LogP contribution in [0.3, 0.4) is 0 Å². The van der Waals surface area contributed by atoms with Crippen LogP contribution in [0.1, 0.15) is 30.4 Å². The minimum atomic E-state index is -3.94. The maximum absolute atomic E-state index is 13.3. The van der Waals surface area contributed by atoms with Crippen molar-refractivity contribution >= 4 is 33.4 Å². The molecule has 3 N–H and O–H groups in total. The molecule has 0 saturated carbocycles. The second kappa shape index (κ2) is 15.3. The molecular formula is C31H38N4O6S. The minimum Gasteiger partial charge on any atom is -0.445 e. The van der Waals surface area contributed by atoms with Gasteiger partial charge in [-0.05, 0) is 68.1 Å². The Labute approximate surface area is 247 Å². The van der Waals surface area contributed by atoms with Crippen LogP contribution < -0.4 is 20.3 Å². The first-order chi connectivity index (χ1) is 20.3. The zero-order valence-electron chi connectivity index (χ0n) is 23.8. The molecule has 1 heterocycles. The van der Waals surface area contributed by atoms with Gasteiger partial charge >= 0.3 is 6.09 Å². The molecule has 224 valence electrons. The summed E-state index contributed by atoms with van der Waals surface area (Å²) in [6.07, 6.45) is 0.728. The lowest BCUT2D eigenvalue weighted by molar-refractivity contribution is -0.117. The SMILES string of the molecule is Cc1ccc(S(=O)(=O)N[C@@H](CCCCNC(=O)OCc2ccccc2)C(=O)Nc2ccc(N3CCOCC3)cc2)cc1. The van der Waals surface area contributed by atoms with Crippen LogP contribution in [0.5, 0.6) is 0 Å². The van der Waals surface area contributed by atoms with Gasteiger partial charge in [-0.2, -0.15) is 4.72 Å². The minimum absolute atomic E-state index is 0.0867. The highest BCUT2D eigenvalue weighted by Crippen LogP contribution is 2.20. The van der Waals surface area contributed by atoms with Crippen molar-refractivity contribution in [3.8, 4) is 0 Å². The first-order valence-corrected chi connectivity index (χ1v) is 15.6. The highest BCUT2D eigenvalue weighted by Gasteiger charge is 2.26. The molecule has 1 saturated heterocycles. The third-order valence-corrected chi connectivity index (χ3v) is 8.35. The average molecular weight is 595 g/mol. The summed E-state index contributed by atoms with van der Waals surface area (Å²) in [6, 6.07) is 22.3. The van der Waals surface area contributed by atoms with E-state index in [-0.39, 0.29) is 17.9 Å². The van der Waals surface area contributed by atoms with Crippen LogP contribution in [0.25, 0.3) is 0 Å². The Kier molecular flexibility index (Phi) is 11.3. The van der Waals surface area contributed by atoms with Crippen LogP contribution in [0.15, 0.2) is 83.8 Å². The van der Waals surface area contributed by atoms with Crippen LogP contribution >= 0.6 is 0 Å². The van der Waals surface area contributed by atoms with Crippen molar-refractivity contribution in [3.63, 3.8) is 0 Å². The van der Waals surface area contributed by atoms with Crippen LogP contribution in [0.4, 0.5) is 16.2 Å². The number of hydrogen-bond donors (Lipinski definition) is 3. The molecule has 1 aliphatic rings. The summed E-state index contributed by atoms with van der Waals surface area (Å²) in [5.41, 5.74) is 3.42. The quantitative estimate of drug-likeness (QED) is 0.253. The van der Waals surface area contributed by atoms with Gasteiger partial charge < -0.3 is 25.0 Å². The summed E-state index contributed by atoms with van der Waals surface area (Å²) in [4.78, 5) is 27.6. The normalized spacial score (nSPS) is 14.2. The van der Waals surface area contributed by atoms with E-state index in [0.29, 0.717) is 38.3 Å². The molecule has 42 heavy (non-hydrogen) atoms. The molecule has 4 rings (SSSR count). The Balaban J connectivity index is 1.32. The molecule has 0 aliphatic carbocycles. The second-order valence-electron chi connectivity index (χ2n) is 10.1. The fraction of sp³-hybridized carbons (Fsp3) is 0.355. The molecular weight excluding hydrogens is 556 g/mol. The summed E-state index contributed by atoms with van der Waals surface area (Å²) < 4.78 is 39.4. The van der Waals surface area contributed by atoms with Gasteiger partial charge in [0.25, 0.3) is 0 Å². The predicted octanol–water partition coefficient (Wildman–Crippen LogP) is 4.21. The number of unbranched alkanes of at least 4 members (excludes halogenated alkanes) is 1. The standard InChI is InChI=1S/C31H38N4O6S/c1-24-10-16-28(17-11-24)42(38,39)34-29(9-5-6-18-32-31(37)41-23-25-7-3-2-4-8-25)30(36)33-26-12-14-27(15-13-26)35-19-21-40-22-20-35/h2-4,7-8,10-17,29,34H,5-6,9,18-23H2,1H3,(H,32,37)(H,33,36)/t29-/m0/s1. The number of anilines is 2. The Bertz CT molecular complexity index is 1390. The number of aryl methyl sites for hydroxylation is 1. The van der Waals surface area contributed by atoms with Crippen molar-refractivity contribution in [1.29, 1.82) is 0 Å². The van der Waals surface area contributed by atoms with E-state index in [1.807, 2.05) is 49.4 Å². The highest BCUT2D eigenvalue weighted by atomic mass is 32.2. The summed E-state index contributed by atoms with van der Waals surface area (Å²) in [7, 11) is -3.94. The van der Waals surface area contributed by atoms with E-state index in [1.54, 1.807) is 24.3 Å². The number of nitrogens with one attached hydrogen (secondary N) is 3. The third-order valence-electron chi connectivity index (χ3n) is 6.86. The largest absolute Gasteiger partial charge is 0.445 e. The molecule has 1 atom stereocenters. The fourth-order valence-electron chi connectivity index (χ4n) is 4.46. The summed E-state index contributed by atoms with van der Waals surface area (Å²) in [5.74, 6) is -0.458. The summed E-state index contributed by atoms with van der Waals surface area (Å²) in [6.45, 7) is 5.31. The van der Waals surface area contributed by atoms with Crippen LogP contribution in [-0.2, 0) is 30.9 Å². The molecule has 0 spiro atoms. The first kappa shape index (κ1) is 31.0. The third kappa shape index (κ3) is 9.57. The molecule has 10 nitrogen and oxygen atoms in total. The van der Waals surface area contributed by atoms with E-state index in [0.717, 1.165) is 29.9 Å². The van der Waals surface area contributed by atoms with Crippen molar-refractivity contribution in [1.82, 2.24) is 10.0 Å². The molecule has 0 aromatic heterocycles. The number of benzene rings is 3. The monoisotopic (exact) mass is 594 g/mol. The molecule has 0 bridgehead atoms. The number of carbonyl (C=O) groups excluding carboxylic acids is 2. The topological polar surface area (TPSA) is 126 Å². The van der Waals surface area contributed by atoms with E-state index in [4.69, 9.17) is 9.47 Å². The van der Waals surface area contributed by atoms with Crippen molar-refractivity contribution in [2.45, 2.75) is 43.7 Å². The van der Waals surface area contributed by atoms with Crippen molar-refractivity contribution in [2.75, 3.05) is 43.1 Å². The Hall–Kier alpha value is -3.93. The number of hydrogen-bond acceptors (Lipinski definition) is 7. The molecule has 1 fully saturated rings. The van der Waals surface area contributed by atoms with Gasteiger partial charge in [0.2, 0.25) is 15.9 Å². The van der Waals surface area contributed by atoms with Gasteiger partial charge in [-0.15, -0.1) is 0 Å². The number of rotatable bonds is 13. The molecule has 0 unspecified atom stereocenters. The van der Waals surface area contributed by atoms with Crippen molar-refractivity contribution in [3.05, 3.63) is 90.0 Å². The Morgan fingerprint density at radius 2 is 1.62 bits per heavy atom. The maximum atomic E-state index is 13.3. The van der Waals surface area contributed by atoms with Crippen LogP contribution in [-0.4, -0.2) is 59.3 Å². The molecule has 2 amide bonds. The number of nitrogens with zero attached hydrogens (tertiary/aromatic N) is 1. The van der Waals surface area contributed by atoms with E-state index < -0.39 is 28.1 Å². The smallest absolute Gasteiger partial charge is 0.407 e. The highest BCUT2D eigenvalue weighted by molar-refractivity contribution is 7.89. The van der Waals surface area contributed by atoms with Crippen molar-refractivity contribution < 1.29 is 27.5 Å². The molecule has 0 radical (unpaired) electrons. The maximum Gasteiger partial charge on any atom is 0.407 e. The Morgan fingerprint density at radius 3 is 2.31 bits per heavy atom. The molecule has 1 aliphatic heterocycles. The van der Waals surface area contributed by atoms with Gasteiger partial charge in [-0.3, -0.25) is 4.79 Å². The van der Waals surface area contributed by atoms with Crippen LogP contribution in [0.2, 0.25) is 0 Å². The van der Waals surface area contributed by atoms with Crippen molar-refractivity contribution in [2.24, 2.45) is 0 Å². The number of sulfonamides is 1. The summed E-state index contributed by atoms with van der Waals surface area (Å²) >= 11 is 0. The Morgan fingerprint density at radius 1 is 0.929 bits per heavy atom. The summed E-state index contributed by atoms with van der Waals surface area (Å²) in [5, 5.41) is 5.54. The first-order valence-electron chi connectivity index (χ1n) is 14.1. The molecule has 3 aromatic carbocycles. The number of amides is 2. The lowest BCUT2D eigenvalue weighted by atomic mass is 10.1. The number of ether oxygens (including phenoxy) is 2. The van der Waals surface area contributed by atoms with Gasteiger partial charge in [-0.1, -0.05) is 48.0 Å².